The van der Waals surface area contributed by atoms with Crippen molar-refractivity contribution in [2.75, 3.05) is 5.73 Å². The molecule has 0 heterocycles. The summed E-state index contributed by atoms with van der Waals surface area (Å²) in [5, 5.41) is 20.1. The first kappa shape index (κ1) is 7.73. The van der Waals surface area contributed by atoms with Crippen molar-refractivity contribution in [2.24, 2.45) is 0 Å². The van der Waals surface area contributed by atoms with Gasteiger partial charge in [0, 0.05) is 0 Å². The third kappa shape index (κ3) is 1.24. The zero-order chi connectivity index (χ0) is 9.42. The first-order valence-electron chi connectivity index (χ1n) is 3.88. The number of anilines is 1. The summed E-state index contributed by atoms with van der Waals surface area (Å²) >= 11 is 0. The van der Waals surface area contributed by atoms with Gasteiger partial charge in [-0.3, -0.25) is 0 Å². The van der Waals surface area contributed by atoms with E-state index in [9.17, 15) is 10.2 Å². The highest BCUT2D eigenvalue weighted by Gasteiger charge is 2.00. The maximum absolute atomic E-state index is 9.30. The van der Waals surface area contributed by atoms with Gasteiger partial charge in [-0.15, -0.1) is 0 Å². The maximum atomic E-state index is 9.30. The van der Waals surface area contributed by atoms with Gasteiger partial charge in [0.25, 0.3) is 0 Å². The second-order valence-electron chi connectivity index (χ2n) is 2.94. The van der Waals surface area contributed by atoms with Crippen LogP contribution >= 0.6 is 0 Å². The van der Waals surface area contributed by atoms with Gasteiger partial charge in [-0.05, 0) is 35.0 Å². The number of benzene rings is 2. The lowest BCUT2D eigenvalue weighted by Gasteiger charge is -2.02. The number of hydrogen-bond donors (Lipinski definition) is 3. The minimum absolute atomic E-state index is 0.0399. The summed E-state index contributed by atoms with van der Waals surface area (Å²) in [4.78, 5) is 0. The van der Waals surface area contributed by atoms with Crippen LogP contribution in [-0.2, 0) is 0 Å². The Labute approximate surface area is 75.0 Å². The van der Waals surface area contributed by atoms with Gasteiger partial charge < -0.3 is 15.9 Å². The summed E-state index contributed by atoms with van der Waals surface area (Å²) in [7, 11) is 0. The van der Waals surface area contributed by atoms with Gasteiger partial charge >= 0.3 is 0 Å². The molecule has 0 aliphatic carbocycles. The number of nitrogens with two attached hydrogens (primary N) is 1. The molecular formula is C10H9NO2. The van der Waals surface area contributed by atoms with E-state index in [1.165, 1.54) is 6.07 Å². The third-order valence-corrected chi connectivity index (χ3v) is 1.97. The number of rotatable bonds is 0. The summed E-state index contributed by atoms with van der Waals surface area (Å²) in [6, 6.07) is 8.11. The minimum Gasteiger partial charge on any atom is -0.508 e. The third-order valence-electron chi connectivity index (χ3n) is 1.97. The van der Waals surface area contributed by atoms with Crippen LogP contribution in [0.1, 0.15) is 0 Å². The zero-order valence-corrected chi connectivity index (χ0v) is 6.86. The zero-order valence-electron chi connectivity index (χ0n) is 6.86. The molecule has 2 aromatic rings. The molecule has 0 atom stereocenters. The van der Waals surface area contributed by atoms with Crippen molar-refractivity contribution in [1.29, 1.82) is 0 Å². The van der Waals surface area contributed by atoms with Crippen LogP contribution in [0.4, 0.5) is 5.69 Å². The molecule has 0 bridgehead atoms. The molecule has 4 N–H and O–H groups in total. The molecule has 3 nitrogen and oxygen atoms in total. The van der Waals surface area contributed by atoms with Crippen LogP contribution < -0.4 is 5.73 Å². The predicted molar refractivity (Wildman–Crippen MR) is 51.7 cm³/mol. The predicted octanol–water partition coefficient (Wildman–Crippen LogP) is 1.83. The SMILES string of the molecule is Nc1cc2ccc(O)cc2cc1O. The van der Waals surface area contributed by atoms with E-state index < -0.39 is 0 Å². The highest BCUT2D eigenvalue weighted by Crippen LogP contribution is 2.28. The molecule has 0 aliphatic heterocycles. The van der Waals surface area contributed by atoms with E-state index in [1.54, 1.807) is 24.3 Å². The number of nitrogen functional groups attached to an aromatic ring is 1. The molecule has 0 fully saturated rings. The lowest BCUT2D eigenvalue weighted by molar-refractivity contribution is 0.475. The fourth-order valence-corrected chi connectivity index (χ4v) is 1.29. The number of hydrogen-bond acceptors (Lipinski definition) is 3. The van der Waals surface area contributed by atoms with Crippen molar-refractivity contribution in [3.8, 4) is 11.5 Å². The largest absolute Gasteiger partial charge is 0.508 e. The van der Waals surface area contributed by atoms with Crippen molar-refractivity contribution < 1.29 is 10.2 Å². The number of phenols is 2. The molecule has 0 amide bonds. The van der Waals surface area contributed by atoms with Crippen LogP contribution in [0.5, 0.6) is 11.5 Å². The average molecular weight is 175 g/mol. The Morgan fingerprint density at radius 1 is 0.923 bits per heavy atom. The molecule has 0 spiro atoms. The smallest absolute Gasteiger partial charge is 0.139 e. The van der Waals surface area contributed by atoms with Gasteiger partial charge in [0.15, 0.2) is 0 Å². The Bertz CT molecular complexity index is 466. The summed E-state index contributed by atoms with van der Waals surface area (Å²) in [6.07, 6.45) is 0. The van der Waals surface area contributed by atoms with Crippen LogP contribution in [0.25, 0.3) is 10.8 Å². The molecule has 0 saturated heterocycles. The van der Waals surface area contributed by atoms with E-state index in [0.29, 0.717) is 5.69 Å². The van der Waals surface area contributed by atoms with Gasteiger partial charge in [-0.2, -0.15) is 0 Å². The van der Waals surface area contributed by atoms with Crippen molar-refractivity contribution in [2.45, 2.75) is 0 Å². The highest BCUT2D eigenvalue weighted by atomic mass is 16.3. The summed E-state index contributed by atoms with van der Waals surface area (Å²) in [5.74, 6) is 0.217. The Balaban J connectivity index is 2.81. The van der Waals surface area contributed by atoms with Gasteiger partial charge in [-0.25, -0.2) is 0 Å². The van der Waals surface area contributed by atoms with Crippen LogP contribution in [0.2, 0.25) is 0 Å². The Hall–Kier alpha value is -1.90. The van der Waals surface area contributed by atoms with Gasteiger partial charge in [0.1, 0.15) is 11.5 Å². The number of fused-ring (bicyclic) bond motifs is 1. The Morgan fingerprint density at radius 3 is 2.46 bits per heavy atom. The minimum atomic E-state index is 0.0399. The van der Waals surface area contributed by atoms with Crippen molar-refractivity contribution >= 4 is 16.5 Å². The molecule has 0 radical (unpaired) electrons. The van der Waals surface area contributed by atoms with Crippen molar-refractivity contribution in [3.63, 3.8) is 0 Å². The molecule has 13 heavy (non-hydrogen) atoms. The first-order chi connectivity index (χ1) is 6.16. The van der Waals surface area contributed by atoms with Crippen LogP contribution in [0, 0.1) is 0 Å². The van der Waals surface area contributed by atoms with E-state index in [-0.39, 0.29) is 11.5 Å². The maximum Gasteiger partial charge on any atom is 0.139 e. The lowest BCUT2D eigenvalue weighted by atomic mass is 10.1. The second-order valence-corrected chi connectivity index (χ2v) is 2.94. The molecule has 0 unspecified atom stereocenters. The first-order valence-corrected chi connectivity index (χ1v) is 3.88. The topological polar surface area (TPSA) is 66.5 Å². The molecule has 3 heteroatoms. The van der Waals surface area contributed by atoms with Crippen LogP contribution in [0.15, 0.2) is 30.3 Å². The van der Waals surface area contributed by atoms with Gasteiger partial charge in [0.05, 0.1) is 5.69 Å². The quantitative estimate of drug-likeness (QED) is 0.422. The molecule has 0 aromatic heterocycles. The molecule has 66 valence electrons. The normalized spacial score (nSPS) is 10.5. The van der Waals surface area contributed by atoms with Crippen molar-refractivity contribution in [1.82, 2.24) is 0 Å². The van der Waals surface area contributed by atoms with Gasteiger partial charge in [0.2, 0.25) is 0 Å². The molecule has 0 saturated carbocycles. The van der Waals surface area contributed by atoms with Gasteiger partial charge in [-0.1, -0.05) is 6.07 Å². The highest BCUT2D eigenvalue weighted by molar-refractivity contribution is 5.88. The van der Waals surface area contributed by atoms with Crippen LogP contribution in [-0.4, -0.2) is 10.2 Å². The fraction of sp³-hybridized carbons (Fsp3) is 0. The lowest BCUT2D eigenvalue weighted by Crippen LogP contribution is -1.85. The molecule has 2 rings (SSSR count). The average Bonchev–Trinajstić information content (AvgIpc) is 2.08. The Kier molecular flexibility index (Phi) is 1.52. The van der Waals surface area contributed by atoms with E-state index in [2.05, 4.69) is 0 Å². The number of phenolic OH excluding ortho intramolecular Hbond substituents is 2. The van der Waals surface area contributed by atoms with E-state index >= 15 is 0 Å². The van der Waals surface area contributed by atoms with Crippen molar-refractivity contribution in [3.05, 3.63) is 30.3 Å². The second kappa shape index (κ2) is 2.55. The van der Waals surface area contributed by atoms with E-state index in [0.717, 1.165) is 10.8 Å². The number of aromatic hydroxyl groups is 2. The standard InChI is InChI=1S/C10H9NO2/c11-9-4-6-1-2-8(12)3-7(6)5-10(9)13/h1-5,12-13H,11H2. The monoisotopic (exact) mass is 175 g/mol. The molecular weight excluding hydrogens is 166 g/mol. The van der Waals surface area contributed by atoms with E-state index in [1.807, 2.05) is 0 Å². The van der Waals surface area contributed by atoms with Crippen LogP contribution in [0.3, 0.4) is 0 Å². The summed E-state index contributed by atoms with van der Waals surface area (Å²) < 4.78 is 0. The van der Waals surface area contributed by atoms with E-state index in [4.69, 9.17) is 5.73 Å². The fourth-order valence-electron chi connectivity index (χ4n) is 1.29. The molecule has 0 aliphatic rings. The summed E-state index contributed by atoms with van der Waals surface area (Å²) in [5.41, 5.74) is 5.86. The molecule has 2 aromatic carbocycles. The summed E-state index contributed by atoms with van der Waals surface area (Å²) in [6.45, 7) is 0. The Morgan fingerprint density at radius 2 is 1.69 bits per heavy atom.